The Balaban J connectivity index is 1.39. The number of halogens is 2. The summed E-state index contributed by atoms with van der Waals surface area (Å²) in [6.07, 6.45) is 5.05. The highest BCUT2D eigenvalue weighted by atomic mass is 19.3. The number of hydrogen-bond acceptors (Lipinski definition) is 6. The summed E-state index contributed by atoms with van der Waals surface area (Å²) in [7, 11) is 0. The molecule has 9 heteroatoms. The second-order valence-electron chi connectivity index (χ2n) is 10.7. The molecule has 2 aliphatic rings. The van der Waals surface area contributed by atoms with Gasteiger partial charge in [0, 0.05) is 35.9 Å². The number of rotatable bonds is 7. The minimum Gasteiger partial charge on any atom is -0.382 e. The third-order valence-electron chi connectivity index (χ3n) is 7.44. The van der Waals surface area contributed by atoms with E-state index in [1.54, 1.807) is 4.52 Å². The molecule has 1 atom stereocenters. The van der Waals surface area contributed by atoms with Crippen molar-refractivity contribution in [2.75, 3.05) is 11.1 Å². The monoisotopic (exact) mass is 481 g/mol. The van der Waals surface area contributed by atoms with Gasteiger partial charge in [0.2, 0.25) is 12.4 Å². The van der Waals surface area contributed by atoms with E-state index in [4.69, 9.17) is 10.7 Å². The third kappa shape index (κ3) is 4.86. The first-order valence-electron chi connectivity index (χ1n) is 12.5. The summed E-state index contributed by atoms with van der Waals surface area (Å²) in [5.41, 5.74) is 11.7. The van der Waals surface area contributed by atoms with Gasteiger partial charge in [-0.25, -0.2) is 18.3 Å². The van der Waals surface area contributed by atoms with E-state index in [1.807, 2.05) is 31.3 Å². The van der Waals surface area contributed by atoms with Crippen LogP contribution in [0.4, 0.5) is 26.2 Å². The molecule has 1 fully saturated rings. The van der Waals surface area contributed by atoms with E-state index < -0.39 is 6.43 Å². The number of aromatic nitrogens is 4. The molecule has 186 valence electrons. The molecule has 1 unspecified atom stereocenters. The van der Waals surface area contributed by atoms with Gasteiger partial charge in [0.1, 0.15) is 5.52 Å². The lowest BCUT2D eigenvalue weighted by Crippen LogP contribution is -2.30. The summed E-state index contributed by atoms with van der Waals surface area (Å²) in [6.45, 7) is 6.57. The van der Waals surface area contributed by atoms with Crippen molar-refractivity contribution in [2.45, 2.75) is 84.1 Å². The normalized spacial score (nSPS) is 19.8. The van der Waals surface area contributed by atoms with Gasteiger partial charge in [0.15, 0.2) is 5.82 Å². The van der Waals surface area contributed by atoms with Crippen molar-refractivity contribution >= 4 is 28.7 Å². The van der Waals surface area contributed by atoms with Crippen LogP contribution in [0.25, 0.3) is 16.8 Å². The first-order chi connectivity index (χ1) is 16.7. The molecule has 0 aromatic carbocycles. The molecule has 5 rings (SSSR count). The predicted molar refractivity (Wildman–Crippen MR) is 136 cm³/mol. The predicted octanol–water partition coefficient (Wildman–Crippen LogP) is 6.38. The maximum absolute atomic E-state index is 12.7. The fourth-order valence-electron chi connectivity index (χ4n) is 5.30. The van der Waals surface area contributed by atoms with Crippen LogP contribution in [0.2, 0.25) is 0 Å². The Labute approximate surface area is 204 Å². The number of anilines is 2. The van der Waals surface area contributed by atoms with Crippen molar-refractivity contribution in [3.05, 3.63) is 30.1 Å². The van der Waals surface area contributed by atoms with Gasteiger partial charge in [0.05, 0.1) is 17.1 Å². The zero-order valence-electron chi connectivity index (χ0n) is 20.6. The number of alkyl halides is 2. The van der Waals surface area contributed by atoms with E-state index in [-0.39, 0.29) is 12.3 Å². The van der Waals surface area contributed by atoms with Crippen LogP contribution >= 0.6 is 0 Å². The van der Waals surface area contributed by atoms with E-state index in [1.165, 1.54) is 12.8 Å². The van der Waals surface area contributed by atoms with Gasteiger partial charge in [-0.05, 0) is 69.1 Å². The highest BCUT2D eigenvalue weighted by Gasteiger charge is 2.28. The summed E-state index contributed by atoms with van der Waals surface area (Å²) in [6, 6.07) is 6.15. The molecule has 3 aromatic rings. The number of aliphatic imine (C=N–C) groups is 1. The topological polar surface area (TPSA) is 93.5 Å². The minimum absolute atomic E-state index is 0.0394. The van der Waals surface area contributed by atoms with E-state index in [9.17, 15) is 8.78 Å². The van der Waals surface area contributed by atoms with E-state index in [2.05, 4.69) is 34.2 Å². The molecule has 1 aliphatic carbocycles. The van der Waals surface area contributed by atoms with Crippen LogP contribution in [0.15, 0.2) is 29.4 Å². The number of nitrogens with one attached hydrogen (secondary N) is 1. The second kappa shape index (κ2) is 9.17. The molecule has 0 spiro atoms. The Bertz CT molecular complexity index is 1250. The van der Waals surface area contributed by atoms with E-state index in [0.717, 1.165) is 41.2 Å². The van der Waals surface area contributed by atoms with Crippen LogP contribution in [-0.4, -0.2) is 37.8 Å². The SMILES string of the molecule is CC1=Nc2ccc(-c3ccn4nc(NC5CCC(C)(C)CC5)nc(N)c34)nc2C1CCCC(F)F. The molecule has 1 saturated carbocycles. The molecule has 0 amide bonds. The summed E-state index contributed by atoms with van der Waals surface area (Å²) in [5.74, 6) is 0.885. The van der Waals surface area contributed by atoms with Gasteiger partial charge in [-0.15, -0.1) is 5.10 Å². The molecule has 7 nitrogen and oxygen atoms in total. The number of hydrogen-bond donors (Lipinski definition) is 2. The molecule has 4 heterocycles. The lowest BCUT2D eigenvalue weighted by atomic mass is 9.76. The van der Waals surface area contributed by atoms with Crippen molar-refractivity contribution in [3.8, 4) is 11.3 Å². The molecule has 0 bridgehead atoms. The van der Waals surface area contributed by atoms with Gasteiger partial charge in [-0.1, -0.05) is 13.8 Å². The molecular weight excluding hydrogens is 448 g/mol. The Hall–Kier alpha value is -3.10. The zero-order chi connectivity index (χ0) is 24.7. The maximum Gasteiger partial charge on any atom is 0.243 e. The fourth-order valence-corrected chi connectivity index (χ4v) is 5.30. The summed E-state index contributed by atoms with van der Waals surface area (Å²) >= 11 is 0. The Morgan fingerprint density at radius 2 is 1.94 bits per heavy atom. The Morgan fingerprint density at radius 1 is 1.17 bits per heavy atom. The quantitative estimate of drug-likeness (QED) is 0.408. The van der Waals surface area contributed by atoms with Gasteiger partial charge >= 0.3 is 0 Å². The van der Waals surface area contributed by atoms with Crippen LogP contribution in [0.1, 0.15) is 77.3 Å². The van der Waals surface area contributed by atoms with Crippen LogP contribution in [0.5, 0.6) is 0 Å². The molecule has 1 aliphatic heterocycles. The first-order valence-corrected chi connectivity index (χ1v) is 12.5. The standard InChI is InChI=1S/C26H33F2N7/c1-15-17(5-4-6-21(27)28)22-20(30-15)8-7-19(32-22)18-11-14-35-23(18)24(29)33-25(34-35)31-16-9-12-26(2,3)13-10-16/h7-8,11,14,16-17,21H,4-6,9-10,12-13H2,1-3H3,(H3,29,31,33,34). The number of fused-ring (bicyclic) bond motifs is 2. The molecule has 3 aromatic heterocycles. The highest BCUT2D eigenvalue weighted by Crippen LogP contribution is 2.40. The van der Waals surface area contributed by atoms with Gasteiger partial charge in [0.25, 0.3) is 0 Å². The highest BCUT2D eigenvalue weighted by molar-refractivity contribution is 5.96. The molecule has 35 heavy (non-hydrogen) atoms. The van der Waals surface area contributed by atoms with Gasteiger partial charge in [-0.2, -0.15) is 4.98 Å². The molecule has 3 N–H and O–H groups in total. The van der Waals surface area contributed by atoms with E-state index in [0.29, 0.717) is 41.6 Å². The zero-order valence-corrected chi connectivity index (χ0v) is 20.6. The average molecular weight is 482 g/mol. The number of nitrogens with zero attached hydrogens (tertiary/aromatic N) is 5. The van der Waals surface area contributed by atoms with Crippen LogP contribution < -0.4 is 11.1 Å². The number of nitrogens with two attached hydrogens (primary N) is 1. The van der Waals surface area contributed by atoms with Crippen LogP contribution in [-0.2, 0) is 0 Å². The molecule has 0 saturated heterocycles. The average Bonchev–Trinajstić information content (AvgIpc) is 3.36. The van der Waals surface area contributed by atoms with Crippen molar-refractivity contribution in [3.63, 3.8) is 0 Å². The van der Waals surface area contributed by atoms with Crippen molar-refractivity contribution in [1.29, 1.82) is 0 Å². The Morgan fingerprint density at radius 3 is 2.69 bits per heavy atom. The largest absolute Gasteiger partial charge is 0.382 e. The molecule has 0 radical (unpaired) electrons. The smallest absolute Gasteiger partial charge is 0.243 e. The van der Waals surface area contributed by atoms with Crippen molar-refractivity contribution in [1.82, 2.24) is 19.6 Å². The van der Waals surface area contributed by atoms with E-state index >= 15 is 0 Å². The first kappa shape index (κ1) is 23.6. The van der Waals surface area contributed by atoms with Crippen molar-refractivity contribution in [2.24, 2.45) is 10.4 Å². The third-order valence-corrected chi connectivity index (χ3v) is 7.44. The maximum atomic E-state index is 12.7. The lowest BCUT2D eigenvalue weighted by molar-refractivity contribution is 0.134. The van der Waals surface area contributed by atoms with Gasteiger partial charge in [-0.3, -0.25) is 4.99 Å². The Kier molecular flexibility index (Phi) is 6.19. The molecular formula is C26H33F2N7. The number of nitrogen functional groups attached to an aromatic ring is 1. The second-order valence-corrected chi connectivity index (χ2v) is 10.7. The lowest BCUT2D eigenvalue weighted by Gasteiger charge is -2.34. The summed E-state index contributed by atoms with van der Waals surface area (Å²) < 4.78 is 27.1. The minimum atomic E-state index is -2.28. The number of pyridine rings is 1. The van der Waals surface area contributed by atoms with Crippen LogP contribution in [0.3, 0.4) is 0 Å². The van der Waals surface area contributed by atoms with Crippen LogP contribution in [0, 0.1) is 5.41 Å². The van der Waals surface area contributed by atoms with Crippen molar-refractivity contribution < 1.29 is 8.78 Å². The summed E-state index contributed by atoms with van der Waals surface area (Å²) in [4.78, 5) is 14.1. The summed E-state index contributed by atoms with van der Waals surface area (Å²) in [5, 5.41) is 8.13. The fraction of sp³-hybridized carbons (Fsp3) is 0.538. The van der Waals surface area contributed by atoms with Gasteiger partial charge < -0.3 is 11.1 Å².